The Labute approximate surface area is 333 Å². The molecule has 9 aromatic carbocycles. The average Bonchev–Trinajstić information content (AvgIpc) is 3.81. The summed E-state index contributed by atoms with van der Waals surface area (Å²) < 4.78 is 4.89. The van der Waals surface area contributed by atoms with Gasteiger partial charge in [-0.1, -0.05) is 188 Å². The molecule has 0 fully saturated rings. The predicted molar refractivity (Wildman–Crippen MR) is 244 cm³/mol. The molecule has 0 saturated carbocycles. The molecule has 2 nitrogen and oxygen atoms in total. The van der Waals surface area contributed by atoms with Gasteiger partial charge in [0.15, 0.2) is 8.07 Å². The molecule has 2 aromatic heterocycles. The van der Waals surface area contributed by atoms with Gasteiger partial charge in [-0.2, -0.15) is 0 Å². The molecule has 0 bridgehead atoms. The fourth-order valence-electron chi connectivity index (χ4n) is 9.40. The van der Waals surface area contributed by atoms with Crippen LogP contribution in [0.25, 0.3) is 66.1 Å². The number of benzene rings is 9. The maximum absolute atomic E-state index is 2.66. The maximum atomic E-state index is 2.44. The molecule has 0 aliphatic carbocycles. The standard InChI is InChI=1S/C54H38N2Si/c1-4-18-43(19-5-1)57(44-20-6-2-7-21-44,45-22-8-3-9-23-45)46-34-32-39(33-35-46)40-36-41(55-51-28-14-10-24-47(51)48-25-11-15-29-52(48)55)38-42(37-40)56-53-30-16-12-26-49(53)50-27-13-17-31-54(50)56/h1-38H. The quantitative estimate of drug-likeness (QED) is 0.114. The first-order valence-electron chi connectivity index (χ1n) is 19.7. The van der Waals surface area contributed by atoms with Crippen LogP contribution in [0, 0.1) is 0 Å². The van der Waals surface area contributed by atoms with Crippen molar-refractivity contribution in [1.29, 1.82) is 0 Å². The average molecular weight is 743 g/mol. The first-order chi connectivity index (χ1) is 28.3. The smallest absolute Gasteiger partial charge is 0.179 e. The molecule has 0 atom stereocenters. The summed E-state index contributed by atoms with van der Waals surface area (Å²) in [6.07, 6.45) is 0. The monoisotopic (exact) mass is 742 g/mol. The van der Waals surface area contributed by atoms with Gasteiger partial charge in [0, 0.05) is 32.9 Å². The molecule has 0 saturated heterocycles. The molecule has 2 heterocycles. The minimum absolute atomic E-state index is 1.13. The summed E-state index contributed by atoms with van der Waals surface area (Å²) in [5.41, 5.74) is 9.41. The Morgan fingerprint density at radius 3 is 0.895 bits per heavy atom. The van der Waals surface area contributed by atoms with Gasteiger partial charge in [-0.15, -0.1) is 0 Å². The van der Waals surface area contributed by atoms with Crippen molar-refractivity contribution in [3.8, 4) is 22.5 Å². The molecule has 0 unspecified atom stereocenters. The molecule has 57 heavy (non-hydrogen) atoms. The lowest BCUT2D eigenvalue weighted by Crippen LogP contribution is -2.74. The van der Waals surface area contributed by atoms with Crippen LogP contribution in [-0.4, -0.2) is 17.2 Å². The number of aromatic nitrogens is 2. The van der Waals surface area contributed by atoms with Crippen molar-refractivity contribution in [1.82, 2.24) is 9.13 Å². The first kappa shape index (κ1) is 33.2. The highest BCUT2D eigenvalue weighted by Gasteiger charge is 2.41. The van der Waals surface area contributed by atoms with E-state index in [0.29, 0.717) is 0 Å². The van der Waals surface area contributed by atoms with Crippen molar-refractivity contribution in [3.63, 3.8) is 0 Å². The molecule has 0 amide bonds. The molecule has 0 aliphatic rings. The van der Waals surface area contributed by atoms with Gasteiger partial charge in [-0.05, 0) is 74.3 Å². The third-order valence-corrected chi connectivity index (χ3v) is 16.6. The van der Waals surface area contributed by atoms with Crippen molar-refractivity contribution >= 4 is 72.4 Å². The van der Waals surface area contributed by atoms with E-state index in [9.17, 15) is 0 Å². The summed E-state index contributed by atoms with van der Waals surface area (Å²) in [5, 5.41) is 10.5. The van der Waals surface area contributed by atoms with E-state index in [1.807, 2.05) is 0 Å². The Balaban J connectivity index is 1.17. The van der Waals surface area contributed by atoms with Crippen LogP contribution < -0.4 is 20.7 Å². The molecule has 0 N–H and O–H groups in total. The van der Waals surface area contributed by atoms with Crippen LogP contribution in [0.5, 0.6) is 0 Å². The Morgan fingerprint density at radius 1 is 0.246 bits per heavy atom. The van der Waals surface area contributed by atoms with Crippen LogP contribution in [0.1, 0.15) is 0 Å². The van der Waals surface area contributed by atoms with Gasteiger partial charge in [-0.25, -0.2) is 0 Å². The summed E-state index contributed by atoms with van der Waals surface area (Å²) in [4.78, 5) is 0. The van der Waals surface area contributed by atoms with Gasteiger partial charge in [0.2, 0.25) is 0 Å². The second-order valence-corrected chi connectivity index (χ2v) is 18.7. The number of fused-ring (bicyclic) bond motifs is 6. The van der Waals surface area contributed by atoms with Crippen molar-refractivity contribution in [2.24, 2.45) is 0 Å². The fraction of sp³-hybridized carbons (Fsp3) is 0. The number of para-hydroxylation sites is 4. The second-order valence-electron chi connectivity index (χ2n) is 14.9. The predicted octanol–water partition coefficient (Wildman–Crippen LogP) is 10.9. The maximum Gasteiger partial charge on any atom is 0.179 e. The number of rotatable bonds is 7. The Kier molecular flexibility index (Phi) is 7.87. The number of nitrogens with zero attached hydrogens (tertiary/aromatic N) is 2. The zero-order valence-corrected chi connectivity index (χ0v) is 32.3. The van der Waals surface area contributed by atoms with Gasteiger partial charge in [0.05, 0.1) is 22.1 Å². The summed E-state index contributed by atoms with van der Waals surface area (Å²) in [5.74, 6) is 0. The third kappa shape index (κ3) is 5.24. The van der Waals surface area contributed by atoms with Gasteiger partial charge >= 0.3 is 0 Å². The van der Waals surface area contributed by atoms with Crippen LogP contribution in [0.15, 0.2) is 231 Å². The molecule has 11 rings (SSSR count). The highest BCUT2D eigenvalue weighted by atomic mass is 28.3. The minimum Gasteiger partial charge on any atom is -0.309 e. The van der Waals surface area contributed by atoms with E-state index in [4.69, 9.17) is 0 Å². The highest BCUT2D eigenvalue weighted by Crippen LogP contribution is 2.37. The second kappa shape index (κ2) is 13.5. The summed E-state index contributed by atoms with van der Waals surface area (Å²) >= 11 is 0. The molecular formula is C54H38N2Si. The van der Waals surface area contributed by atoms with Crippen LogP contribution in [0.4, 0.5) is 0 Å². The SMILES string of the molecule is c1ccc([Si](c2ccccc2)(c2ccccc2)c2ccc(-c3cc(-n4c5ccccc5c5ccccc54)cc(-n4c5ccccc5c5ccccc54)c3)cc2)cc1. The largest absolute Gasteiger partial charge is 0.309 e. The lowest BCUT2D eigenvalue weighted by molar-refractivity contribution is 1.13. The lowest BCUT2D eigenvalue weighted by atomic mass is 10.0. The van der Waals surface area contributed by atoms with Crippen molar-refractivity contribution in [3.05, 3.63) is 231 Å². The zero-order valence-electron chi connectivity index (χ0n) is 31.3. The van der Waals surface area contributed by atoms with E-state index in [0.717, 1.165) is 11.4 Å². The normalized spacial score (nSPS) is 11.9. The van der Waals surface area contributed by atoms with E-state index in [2.05, 4.69) is 240 Å². The lowest BCUT2D eigenvalue weighted by Gasteiger charge is -2.34. The minimum atomic E-state index is -2.66. The van der Waals surface area contributed by atoms with Crippen molar-refractivity contribution < 1.29 is 0 Å². The van der Waals surface area contributed by atoms with Gasteiger partial charge in [-0.3, -0.25) is 0 Å². The Hall–Kier alpha value is -7.20. The van der Waals surface area contributed by atoms with E-state index in [1.165, 1.54) is 75.5 Å². The molecule has 0 spiro atoms. The van der Waals surface area contributed by atoms with E-state index in [1.54, 1.807) is 0 Å². The fourth-order valence-corrected chi connectivity index (χ4v) is 14.1. The number of hydrogen-bond donors (Lipinski definition) is 0. The Bertz CT molecular complexity index is 2880. The first-order valence-corrected chi connectivity index (χ1v) is 21.7. The Morgan fingerprint density at radius 2 is 0.544 bits per heavy atom. The molecule has 0 aliphatic heterocycles. The highest BCUT2D eigenvalue weighted by molar-refractivity contribution is 7.19. The zero-order chi connectivity index (χ0) is 37.8. The third-order valence-electron chi connectivity index (χ3n) is 11.9. The van der Waals surface area contributed by atoms with Crippen molar-refractivity contribution in [2.45, 2.75) is 0 Å². The summed E-state index contributed by atoms with van der Waals surface area (Å²) in [6.45, 7) is 0. The summed E-state index contributed by atoms with van der Waals surface area (Å²) in [6, 6.07) is 85.2. The molecule has 3 heteroatoms. The van der Waals surface area contributed by atoms with Crippen molar-refractivity contribution in [2.75, 3.05) is 0 Å². The molecule has 268 valence electrons. The van der Waals surface area contributed by atoms with Crippen LogP contribution >= 0.6 is 0 Å². The summed E-state index contributed by atoms with van der Waals surface area (Å²) in [7, 11) is -2.66. The molecule has 0 radical (unpaired) electrons. The number of hydrogen-bond acceptors (Lipinski definition) is 0. The van der Waals surface area contributed by atoms with E-state index in [-0.39, 0.29) is 0 Å². The van der Waals surface area contributed by atoms with E-state index >= 15 is 0 Å². The molecular weight excluding hydrogens is 705 g/mol. The van der Waals surface area contributed by atoms with Crippen LogP contribution in [0.2, 0.25) is 0 Å². The van der Waals surface area contributed by atoms with E-state index < -0.39 is 8.07 Å². The molecule has 11 aromatic rings. The van der Waals surface area contributed by atoms with Gasteiger partial charge in [0.1, 0.15) is 0 Å². The van der Waals surface area contributed by atoms with Crippen LogP contribution in [-0.2, 0) is 0 Å². The van der Waals surface area contributed by atoms with Gasteiger partial charge < -0.3 is 9.13 Å². The topological polar surface area (TPSA) is 9.86 Å². The van der Waals surface area contributed by atoms with Crippen LogP contribution in [0.3, 0.4) is 0 Å². The van der Waals surface area contributed by atoms with Gasteiger partial charge in [0.25, 0.3) is 0 Å².